The summed E-state index contributed by atoms with van der Waals surface area (Å²) in [7, 11) is -4.03. The summed E-state index contributed by atoms with van der Waals surface area (Å²) in [6, 6.07) is 20.1. The van der Waals surface area contributed by atoms with E-state index in [9.17, 15) is 17.6 Å². The fourth-order valence-corrected chi connectivity index (χ4v) is 4.80. The molecular formula is C24H25FN2O3S2. The Balaban J connectivity index is 1.81. The molecule has 32 heavy (non-hydrogen) atoms. The van der Waals surface area contributed by atoms with Crippen LogP contribution in [-0.4, -0.2) is 26.6 Å². The van der Waals surface area contributed by atoms with Gasteiger partial charge in [0.1, 0.15) is 11.9 Å². The molecule has 1 amide bonds. The molecular weight excluding hydrogens is 447 g/mol. The minimum atomic E-state index is -4.03. The van der Waals surface area contributed by atoms with Crippen molar-refractivity contribution in [2.24, 2.45) is 0 Å². The van der Waals surface area contributed by atoms with Crippen LogP contribution in [0.3, 0.4) is 0 Å². The lowest BCUT2D eigenvalue weighted by atomic mass is 10.0. The van der Waals surface area contributed by atoms with Crippen molar-refractivity contribution >= 4 is 27.7 Å². The third-order valence-corrected chi connectivity index (χ3v) is 7.23. The molecule has 0 aliphatic rings. The number of hydrogen-bond donors (Lipinski definition) is 2. The molecule has 0 heterocycles. The van der Waals surface area contributed by atoms with Crippen molar-refractivity contribution in [1.82, 2.24) is 10.0 Å². The minimum absolute atomic E-state index is 0.106. The summed E-state index contributed by atoms with van der Waals surface area (Å²) in [5.74, 6) is -0.982. The number of carbonyl (C=O) groups is 1. The molecule has 0 saturated heterocycles. The first-order chi connectivity index (χ1) is 15.3. The first-order valence-corrected chi connectivity index (χ1v) is 12.8. The lowest BCUT2D eigenvalue weighted by Crippen LogP contribution is -2.48. The number of hydrogen-bond acceptors (Lipinski definition) is 4. The average molecular weight is 473 g/mol. The maximum atomic E-state index is 13.2. The molecule has 3 aromatic carbocycles. The van der Waals surface area contributed by atoms with E-state index in [0.717, 1.165) is 28.2 Å². The highest BCUT2D eigenvalue weighted by molar-refractivity contribution is 7.98. The van der Waals surface area contributed by atoms with Crippen molar-refractivity contribution < 1.29 is 17.6 Å². The van der Waals surface area contributed by atoms with E-state index in [-0.39, 0.29) is 17.4 Å². The Kier molecular flexibility index (Phi) is 8.06. The first kappa shape index (κ1) is 24.0. The van der Waals surface area contributed by atoms with Crippen LogP contribution >= 0.6 is 11.8 Å². The predicted octanol–water partition coefficient (Wildman–Crippen LogP) is 4.31. The molecule has 3 rings (SSSR count). The number of thioether (sulfide) groups is 1. The molecule has 0 aromatic heterocycles. The van der Waals surface area contributed by atoms with Crippen LogP contribution in [0, 0.1) is 5.82 Å². The van der Waals surface area contributed by atoms with E-state index < -0.39 is 27.8 Å². The molecule has 0 saturated carbocycles. The van der Waals surface area contributed by atoms with Gasteiger partial charge in [0.05, 0.1) is 10.9 Å². The van der Waals surface area contributed by atoms with Gasteiger partial charge in [-0.2, -0.15) is 4.72 Å². The van der Waals surface area contributed by atoms with Gasteiger partial charge in [-0.05, 0) is 67.1 Å². The number of nitrogens with one attached hydrogen (secondary N) is 2. The van der Waals surface area contributed by atoms with Gasteiger partial charge in [0.15, 0.2) is 0 Å². The topological polar surface area (TPSA) is 75.3 Å². The normalized spacial score (nSPS) is 13.3. The number of halogens is 1. The predicted molar refractivity (Wildman–Crippen MR) is 125 cm³/mol. The molecule has 0 fully saturated rings. The second-order valence-corrected chi connectivity index (χ2v) is 9.91. The van der Waals surface area contributed by atoms with Crippen molar-refractivity contribution in [3.05, 3.63) is 95.8 Å². The molecule has 168 valence electrons. The van der Waals surface area contributed by atoms with Gasteiger partial charge in [-0.15, -0.1) is 11.8 Å². The van der Waals surface area contributed by atoms with E-state index in [2.05, 4.69) is 10.0 Å². The number of rotatable bonds is 9. The van der Waals surface area contributed by atoms with E-state index in [1.807, 2.05) is 67.8 Å². The zero-order valence-electron chi connectivity index (χ0n) is 17.8. The molecule has 5 nitrogen and oxygen atoms in total. The molecule has 0 spiro atoms. The Morgan fingerprint density at radius 1 is 0.969 bits per heavy atom. The van der Waals surface area contributed by atoms with E-state index in [1.165, 1.54) is 12.1 Å². The Bertz CT molecular complexity index is 1140. The lowest BCUT2D eigenvalue weighted by molar-refractivity contribution is -0.123. The lowest BCUT2D eigenvalue weighted by Gasteiger charge is -2.22. The van der Waals surface area contributed by atoms with Crippen LogP contribution in [0.25, 0.3) is 0 Å². The van der Waals surface area contributed by atoms with Crippen LogP contribution < -0.4 is 10.0 Å². The molecule has 8 heteroatoms. The summed E-state index contributed by atoms with van der Waals surface area (Å²) in [5, 5.41) is 2.90. The molecule has 0 aliphatic carbocycles. The molecule has 3 aromatic rings. The Labute approximate surface area is 192 Å². The summed E-state index contributed by atoms with van der Waals surface area (Å²) in [6.45, 7) is 1.85. The van der Waals surface area contributed by atoms with Gasteiger partial charge in [-0.3, -0.25) is 4.79 Å². The zero-order valence-corrected chi connectivity index (χ0v) is 19.4. The van der Waals surface area contributed by atoms with Crippen molar-refractivity contribution in [3.63, 3.8) is 0 Å². The van der Waals surface area contributed by atoms with Crippen molar-refractivity contribution in [2.45, 2.75) is 35.2 Å². The molecule has 2 N–H and O–H groups in total. The highest BCUT2D eigenvalue weighted by Crippen LogP contribution is 2.19. The Hall–Kier alpha value is -2.68. The third-order valence-electron chi connectivity index (χ3n) is 5.00. The minimum Gasteiger partial charge on any atom is -0.348 e. The van der Waals surface area contributed by atoms with Gasteiger partial charge in [0, 0.05) is 4.90 Å². The number of carbonyl (C=O) groups excluding carboxylic acids is 1. The highest BCUT2D eigenvalue weighted by atomic mass is 32.2. The molecule has 0 unspecified atom stereocenters. The van der Waals surface area contributed by atoms with Crippen LogP contribution in [0.15, 0.2) is 88.7 Å². The van der Waals surface area contributed by atoms with Gasteiger partial charge in [-0.25, -0.2) is 12.8 Å². The number of benzene rings is 3. The van der Waals surface area contributed by atoms with Gasteiger partial charge < -0.3 is 5.32 Å². The van der Waals surface area contributed by atoms with E-state index in [0.29, 0.717) is 0 Å². The van der Waals surface area contributed by atoms with Crippen molar-refractivity contribution in [1.29, 1.82) is 0 Å². The summed E-state index contributed by atoms with van der Waals surface area (Å²) in [4.78, 5) is 14.1. The standard InChI is InChI=1S/C24H25FN2O3S2/c1-17(19-8-12-21(31-2)13-9-19)26-24(28)23(16-18-6-4-3-5-7-18)27-32(29,30)22-14-10-20(25)11-15-22/h3-15,17,23,27H,16H2,1-2H3,(H,26,28)/t17-,23+/m1/s1. The zero-order chi connectivity index (χ0) is 23.1. The van der Waals surface area contributed by atoms with E-state index >= 15 is 0 Å². The Morgan fingerprint density at radius 2 is 1.59 bits per heavy atom. The molecule has 2 atom stereocenters. The van der Waals surface area contributed by atoms with E-state index in [1.54, 1.807) is 11.8 Å². The highest BCUT2D eigenvalue weighted by Gasteiger charge is 2.27. The maximum Gasteiger partial charge on any atom is 0.241 e. The summed E-state index contributed by atoms with van der Waals surface area (Å²) in [6.07, 6.45) is 2.16. The summed E-state index contributed by atoms with van der Waals surface area (Å²) < 4.78 is 41.4. The van der Waals surface area contributed by atoms with Crippen LogP contribution in [0.4, 0.5) is 4.39 Å². The molecule has 0 bridgehead atoms. The third kappa shape index (κ3) is 6.41. The quantitative estimate of drug-likeness (QED) is 0.455. The van der Waals surface area contributed by atoms with Gasteiger partial charge in [0.2, 0.25) is 15.9 Å². The van der Waals surface area contributed by atoms with Crippen molar-refractivity contribution in [2.75, 3.05) is 6.26 Å². The van der Waals surface area contributed by atoms with E-state index in [4.69, 9.17) is 0 Å². The van der Waals surface area contributed by atoms with Gasteiger partial charge >= 0.3 is 0 Å². The van der Waals surface area contributed by atoms with Gasteiger partial charge in [0.25, 0.3) is 0 Å². The van der Waals surface area contributed by atoms with Crippen LogP contribution in [0.5, 0.6) is 0 Å². The van der Waals surface area contributed by atoms with Crippen molar-refractivity contribution in [3.8, 4) is 0 Å². The largest absolute Gasteiger partial charge is 0.348 e. The molecule has 0 aliphatic heterocycles. The summed E-state index contributed by atoms with van der Waals surface area (Å²) in [5.41, 5.74) is 1.72. The second-order valence-electron chi connectivity index (χ2n) is 7.32. The number of amides is 1. The average Bonchev–Trinajstić information content (AvgIpc) is 2.79. The monoisotopic (exact) mass is 472 g/mol. The fraction of sp³-hybridized carbons (Fsp3) is 0.208. The fourth-order valence-electron chi connectivity index (χ4n) is 3.20. The second kappa shape index (κ2) is 10.8. The number of sulfonamides is 1. The van der Waals surface area contributed by atoms with Crippen LogP contribution in [-0.2, 0) is 21.2 Å². The van der Waals surface area contributed by atoms with Crippen LogP contribution in [0.2, 0.25) is 0 Å². The first-order valence-electron chi connectivity index (χ1n) is 10.0. The summed E-state index contributed by atoms with van der Waals surface area (Å²) >= 11 is 1.63. The van der Waals surface area contributed by atoms with Gasteiger partial charge in [-0.1, -0.05) is 42.5 Å². The maximum absolute atomic E-state index is 13.2. The smallest absolute Gasteiger partial charge is 0.241 e. The SMILES string of the molecule is CSc1ccc([C@@H](C)NC(=O)[C@H](Cc2ccccc2)NS(=O)(=O)c2ccc(F)cc2)cc1. The molecule has 0 radical (unpaired) electrons. The van der Waals surface area contributed by atoms with Crippen LogP contribution in [0.1, 0.15) is 24.1 Å². The Morgan fingerprint density at radius 3 is 2.19 bits per heavy atom.